The molecule has 0 aromatic carbocycles. The molecule has 0 saturated carbocycles. The summed E-state index contributed by atoms with van der Waals surface area (Å²) in [4.78, 5) is 3.89. The summed E-state index contributed by atoms with van der Waals surface area (Å²) >= 11 is 3.90. The maximum Gasteiger partial charge on any atom is 0.290 e. The molecule has 1 unspecified atom stereocenters. The summed E-state index contributed by atoms with van der Waals surface area (Å²) in [6.07, 6.45) is 2.90. The first-order valence-electron chi connectivity index (χ1n) is 3.79. The minimum absolute atomic E-state index is 0.0540. The van der Waals surface area contributed by atoms with Crippen molar-refractivity contribution in [2.75, 3.05) is 0 Å². The highest BCUT2D eigenvalue weighted by molar-refractivity contribution is 7.96. The van der Waals surface area contributed by atoms with E-state index in [1.165, 1.54) is 12.2 Å². The molecule has 76 valence electrons. The summed E-state index contributed by atoms with van der Waals surface area (Å²) in [6.45, 7) is 0. The summed E-state index contributed by atoms with van der Waals surface area (Å²) in [5, 5.41) is 0.214. The Hall–Kier alpha value is -0.790. The van der Waals surface area contributed by atoms with Gasteiger partial charge in [0.1, 0.15) is 11.8 Å². The highest BCUT2D eigenvalue weighted by Crippen LogP contribution is 2.30. The van der Waals surface area contributed by atoms with Crippen LogP contribution in [-0.2, 0) is 14.9 Å². The molecular formula is C7H7NO4S2. The fourth-order valence-corrected chi connectivity index (χ4v) is 2.17. The maximum atomic E-state index is 10.8. The average Bonchev–Trinajstić information content (AvgIpc) is 2.41. The van der Waals surface area contributed by atoms with Crippen molar-refractivity contribution in [1.82, 2.24) is 0 Å². The van der Waals surface area contributed by atoms with Crippen LogP contribution in [-0.4, -0.2) is 24.2 Å². The standard InChI is InChI=1S/C7H7NO4S2/c9-14(10,11)4-1-2-6-5(3-4)8-7(13)12-6/h1-2,5H,3H2,(H,8,13)(H,9,10,11). The topological polar surface area (TPSA) is 76.0 Å². The number of hydrogen-bond donors (Lipinski definition) is 2. The van der Waals surface area contributed by atoms with E-state index in [2.05, 4.69) is 17.6 Å². The van der Waals surface area contributed by atoms with Crippen LogP contribution in [0.1, 0.15) is 6.42 Å². The Morgan fingerprint density at radius 1 is 1.57 bits per heavy atom. The first-order valence-corrected chi connectivity index (χ1v) is 5.68. The largest absolute Gasteiger partial charge is 0.436 e. The van der Waals surface area contributed by atoms with Crippen LogP contribution in [0.5, 0.6) is 0 Å². The molecule has 1 aliphatic carbocycles. The van der Waals surface area contributed by atoms with Crippen molar-refractivity contribution < 1.29 is 17.7 Å². The lowest BCUT2D eigenvalue weighted by Crippen LogP contribution is -2.14. The molecule has 0 aromatic heterocycles. The van der Waals surface area contributed by atoms with E-state index in [1.54, 1.807) is 0 Å². The molecule has 0 amide bonds. The van der Waals surface area contributed by atoms with E-state index in [9.17, 15) is 8.42 Å². The Morgan fingerprint density at radius 2 is 2.29 bits per heavy atom. The molecule has 5 nitrogen and oxygen atoms in total. The molecule has 2 aliphatic rings. The second kappa shape index (κ2) is 3.11. The molecule has 1 aliphatic heterocycles. The number of hydrogen-bond acceptors (Lipinski definition) is 4. The Bertz CT molecular complexity index is 460. The summed E-state index contributed by atoms with van der Waals surface area (Å²) in [6, 6.07) is -0.371. The van der Waals surface area contributed by atoms with E-state index in [-0.39, 0.29) is 22.6 Å². The minimum atomic E-state index is -4.12. The van der Waals surface area contributed by atoms with Crippen LogP contribution >= 0.6 is 12.6 Å². The highest BCUT2D eigenvalue weighted by atomic mass is 32.2. The fourth-order valence-electron chi connectivity index (χ4n) is 1.31. The number of fused-ring (bicyclic) bond motifs is 1. The van der Waals surface area contributed by atoms with E-state index in [1.807, 2.05) is 0 Å². The van der Waals surface area contributed by atoms with Crippen LogP contribution in [0.4, 0.5) is 0 Å². The predicted molar refractivity (Wildman–Crippen MR) is 53.6 cm³/mol. The zero-order valence-electron chi connectivity index (χ0n) is 6.91. The molecule has 0 radical (unpaired) electrons. The summed E-state index contributed by atoms with van der Waals surface area (Å²) < 4.78 is 35.5. The van der Waals surface area contributed by atoms with Gasteiger partial charge in [-0.1, -0.05) is 12.6 Å². The van der Waals surface area contributed by atoms with Gasteiger partial charge in [0.05, 0.1) is 4.91 Å². The third kappa shape index (κ3) is 1.70. The van der Waals surface area contributed by atoms with E-state index in [0.29, 0.717) is 5.76 Å². The van der Waals surface area contributed by atoms with Gasteiger partial charge < -0.3 is 4.74 Å². The smallest absolute Gasteiger partial charge is 0.290 e. The van der Waals surface area contributed by atoms with Crippen molar-refractivity contribution >= 4 is 28.0 Å². The lowest BCUT2D eigenvalue weighted by molar-refractivity contribution is 0.420. The van der Waals surface area contributed by atoms with Crippen molar-refractivity contribution in [3.63, 3.8) is 0 Å². The first-order chi connectivity index (χ1) is 6.47. The summed E-state index contributed by atoms with van der Waals surface area (Å²) in [5.74, 6) is 0.558. The van der Waals surface area contributed by atoms with Gasteiger partial charge in [-0.25, -0.2) is 4.99 Å². The number of rotatable bonds is 1. The summed E-state index contributed by atoms with van der Waals surface area (Å²) in [5.41, 5.74) is 0. The third-order valence-corrected chi connectivity index (χ3v) is 3.14. The van der Waals surface area contributed by atoms with Crippen LogP contribution < -0.4 is 0 Å². The lowest BCUT2D eigenvalue weighted by atomic mass is 10.1. The van der Waals surface area contributed by atoms with Gasteiger partial charge >= 0.3 is 0 Å². The molecule has 0 saturated heterocycles. The molecule has 0 spiro atoms. The summed E-state index contributed by atoms with van der Waals surface area (Å²) in [7, 11) is -4.12. The molecule has 0 bridgehead atoms. The number of thiol groups is 1. The van der Waals surface area contributed by atoms with Crippen molar-refractivity contribution in [1.29, 1.82) is 0 Å². The number of ether oxygens (including phenoxy) is 1. The molecule has 7 heteroatoms. The quantitative estimate of drug-likeness (QED) is 0.517. The van der Waals surface area contributed by atoms with Crippen LogP contribution in [0.15, 0.2) is 27.8 Å². The monoisotopic (exact) mass is 233 g/mol. The molecule has 0 aromatic rings. The van der Waals surface area contributed by atoms with Crippen LogP contribution in [0.25, 0.3) is 0 Å². The third-order valence-electron chi connectivity index (χ3n) is 1.96. The van der Waals surface area contributed by atoms with Gasteiger partial charge in [0.15, 0.2) is 0 Å². The molecule has 2 rings (SSSR count). The average molecular weight is 233 g/mol. The number of nitrogens with zero attached hydrogens (tertiary/aromatic N) is 1. The van der Waals surface area contributed by atoms with Gasteiger partial charge in [-0.3, -0.25) is 4.55 Å². The maximum absolute atomic E-state index is 10.8. The van der Waals surface area contributed by atoms with E-state index >= 15 is 0 Å². The number of aliphatic imine (C=N–C) groups is 1. The molecule has 0 fully saturated rings. The zero-order chi connectivity index (χ0) is 10.3. The Balaban J connectivity index is 2.32. The molecular weight excluding hydrogens is 226 g/mol. The van der Waals surface area contributed by atoms with Crippen molar-refractivity contribution in [2.45, 2.75) is 12.5 Å². The normalized spacial score (nSPS) is 25.9. The molecule has 1 N–H and O–H groups in total. The molecule has 1 atom stereocenters. The second-order valence-electron chi connectivity index (χ2n) is 2.91. The first kappa shape index (κ1) is 9.75. The fraction of sp³-hybridized carbons (Fsp3) is 0.286. The highest BCUT2D eigenvalue weighted by Gasteiger charge is 2.30. The van der Waals surface area contributed by atoms with Crippen LogP contribution in [0.3, 0.4) is 0 Å². The van der Waals surface area contributed by atoms with Crippen LogP contribution in [0, 0.1) is 0 Å². The van der Waals surface area contributed by atoms with Gasteiger partial charge in [0.2, 0.25) is 5.23 Å². The van der Waals surface area contributed by atoms with E-state index < -0.39 is 10.1 Å². The second-order valence-corrected chi connectivity index (χ2v) is 4.77. The lowest BCUT2D eigenvalue weighted by Gasteiger charge is -2.12. The minimum Gasteiger partial charge on any atom is -0.436 e. The van der Waals surface area contributed by atoms with Crippen LogP contribution in [0.2, 0.25) is 0 Å². The predicted octanol–water partition coefficient (Wildman–Crippen LogP) is 0.730. The van der Waals surface area contributed by atoms with E-state index in [4.69, 9.17) is 9.29 Å². The molecule has 14 heavy (non-hydrogen) atoms. The zero-order valence-corrected chi connectivity index (χ0v) is 8.62. The SMILES string of the molecule is O=S(=O)(O)C1=CC=C2OC(S)=NC2C1. The Labute approximate surface area is 86.3 Å². The van der Waals surface area contributed by atoms with Gasteiger partial charge in [0, 0.05) is 6.42 Å². The van der Waals surface area contributed by atoms with E-state index in [0.717, 1.165) is 0 Å². The number of allylic oxidation sites excluding steroid dienone is 2. The Morgan fingerprint density at radius 3 is 2.93 bits per heavy atom. The van der Waals surface area contributed by atoms with Crippen molar-refractivity contribution in [2.24, 2.45) is 4.99 Å². The molecule has 1 heterocycles. The van der Waals surface area contributed by atoms with Gasteiger partial charge in [0.25, 0.3) is 10.1 Å². The van der Waals surface area contributed by atoms with Crippen molar-refractivity contribution in [3.05, 3.63) is 22.8 Å². The van der Waals surface area contributed by atoms with Gasteiger partial charge in [-0.2, -0.15) is 8.42 Å². The van der Waals surface area contributed by atoms with Crippen molar-refractivity contribution in [3.8, 4) is 0 Å². The Kier molecular flexibility index (Phi) is 2.17. The van der Waals surface area contributed by atoms with Gasteiger partial charge in [-0.05, 0) is 12.2 Å². The van der Waals surface area contributed by atoms with Gasteiger partial charge in [-0.15, -0.1) is 0 Å².